The zero-order chi connectivity index (χ0) is 19.2. The second-order valence-corrected chi connectivity index (χ2v) is 6.02. The average molecular weight is 382 g/mol. The third kappa shape index (κ3) is 3.43. The van der Waals surface area contributed by atoms with Crippen molar-refractivity contribution in [2.75, 3.05) is 18.0 Å². The van der Waals surface area contributed by atoms with Gasteiger partial charge in [-0.3, -0.25) is 14.5 Å². The van der Waals surface area contributed by atoms with Crippen LogP contribution >= 0.6 is 0 Å². The lowest BCUT2D eigenvalue weighted by Crippen LogP contribution is -2.28. The number of fused-ring (bicyclic) bond motifs is 1. The summed E-state index contributed by atoms with van der Waals surface area (Å²) in [6.07, 6.45) is -1.21. The molecule has 1 saturated heterocycles. The molecule has 0 saturated carbocycles. The van der Waals surface area contributed by atoms with Crippen molar-refractivity contribution in [1.82, 2.24) is 24.6 Å². The van der Waals surface area contributed by atoms with Gasteiger partial charge in [0.1, 0.15) is 5.69 Å². The monoisotopic (exact) mass is 382 g/mol. The number of halogens is 3. The van der Waals surface area contributed by atoms with E-state index in [0.717, 1.165) is 0 Å². The smallest absolute Gasteiger partial charge is 0.366 e. The van der Waals surface area contributed by atoms with E-state index in [9.17, 15) is 22.8 Å². The number of aromatic nitrogens is 5. The zero-order valence-corrected chi connectivity index (χ0v) is 13.7. The van der Waals surface area contributed by atoms with Crippen molar-refractivity contribution < 1.29 is 17.9 Å². The van der Waals surface area contributed by atoms with E-state index in [1.165, 1.54) is 16.9 Å². The van der Waals surface area contributed by atoms with Gasteiger partial charge in [-0.25, -0.2) is 14.3 Å². The number of hydrogen-bond donors (Lipinski definition) is 2. The molecule has 1 unspecified atom stereocenters. The van der Waals surface area contributed by atoms with E-state index < -0.39 is 23.7 Å². The van der Waals surface area contributed by atoms with Crippen molar-refractivity contribution >= 4 is 11.3 Å². The number of rotatable bonds is 3. The van der Waals surface area contributed by atoms with Crippen LogP contribution in [0.15, 0.2) is 34.2 Å². The van der Waals surface area contributed by atoms with Gasteiger partial charge in [0.25, 0.3) is 5.56 Å². The molecule has 0 amide bonds. The summed E-state index contributed by atoms with van der Waals surface area (Å²) in [4.78, 5) is 33.6. The fourth-order valence-corrected chi connectivity index (χ4v) is 3.10. The molecule has 1 aliphatic rings. The largest absolute Gasteiger partial charge is 0.522 e. The first kappa shape index (κ1) is 17.3. The third-order valence-corrected chi connectivity index (χ3v) is 4.22. The minimum absolute atomic E-state index is 0.0213. The summed E-state index contributed by atoms with van der Waals surface area (Å²) in [7, 11) is 0. The lowest BCUT2D eigenvalue weighted by Gasteiger charge is -2.20. The van der Waals surface area contributed by atoms with E-state index in [4.69, 9.17) is 0 Å². The second-order valence-electron chi connectivity index (χ2n) is 6.02. The molecular weight excluding hydrogens is 369 g/mol. The fraction of sp³-hybridized carbons (Fsp3) is 0.333. The van der Waals surface area contributed by atoms with E-state index >= 15 is 0 Å². The Hall–Kier alpha value is -3.15. The van der Waals surface area contributed by atoms with Gasteiger partial charge in [-0.05, 0) is 12.5 Å². The number of ether oxygens (including phenoxy) is 1. The van der Waals surface area contributed by atoms with Gasteiger partial charge >= 0.3 is 12.1 Å². The molecule has 3 aromatic rings. The SMILES string of the molecule is O=c1[nH]cc(-c2cc(N3CCC(OC(F)(F)F)C3)c3nccn3n2)c(=O)[nH]1. The highest BCUT2D eigenvalue weighted by Gasteiger charge is 2.37. The molecule has 12 heteroatoms. The number of hydrogen-bond acceptors (Lipinski definition) is 6. The van der Waals surface area contributed by atoms with Crippen LogP contribution in [0.25, 0.3) is 16.9 Å². The standard InChI is InChI=1S/C15H13F3N6O3/c16-15(17,18)27-8-1-3-23(7-8)11-5-10(22-24-4-2-19-12(11)24)9-6-20-14(26)21-13(9)25/h2,4-6,8H,1,3,7H2,(H2,20,21,25,26). The van der Waals surface area contributed by atoms with Crippen LogP contribution in [0.3, 0.4) is 0 Å². The first-order chi connectivity index (χ1) is 12.8. The van der Waals surface area contributed by atoms with Crippen LogP contribution in [0.5, 0.6) is 0 Å². The second kappa shape index (κ2) is 6.23. The van der Waals surface area contributed by atoms with Crippen molar-refractivity contribution in [1.29, 1.82) is 0 Å². The van der Waals surface area contributed by atoms with Gasteiger partial charge in [0.15, 0.2) is 5.65 Å². The van der Waals surface area contributed by atoms with Gasteiger partial charge in [-0.2, -0.15) is 5.10 Å². The molecule has 27 heavy (non-hydrogen) atoms. The lowest BCUT2D eigenvalue weighted by molar-refractivity contribution is -0.339. The Morgan fingerprint density at radius 3 is 2.85 bits per heavy atom. The molecule has 0 aliphatic carbocycles. The summed E-state index contributed by atoms with van der Waals surface area (Å²) >= 11 is 0. The molecular formula is C15H13F3N6O3. The van der Waals surface area contributed by atoms with Crippen molar-refractivity contribution in [3.63, 3.8) is 0 Å². The van der Waals surface area contributed by atoms with E-state index in [-0.39, 0.29) is 24.2 Å². The molecule has 0 aromatic carbocycles. The highest BCUT2D eigenvalue weighted by molar-refractivity contribution is 5.74. The number of H-pyrrole nitrogens is 2. The van der Waals surface area contributed by atoms with Gasteiger partial charge < -0.3 is 9.88 Å². The van der Waals surface area contributed by atoms with E-state index in [2.05, 4.69) is 24.8 Å². The predicted molar refractivity (Wildman–Crippen MR) is 87.4 cm³/mol. The van der Waals surface area contributed by atoms with Crippen molar-refractivity contribution in [2.45, 2.75) is 18.9 Å². The van der Waals surface area contributed by atoms with E-state index in [1.54, 1.807) is 17.2 Å². The quantitative estimate of drug-likeness (QED) is 0.697. The Morgan fingerprint density at radius 2 is 2.11 bits per heavy atom. The van der Waals surface area contributed by atoms with Gasteiger partial charge in [0, 0.05) is 31.7 Å². The number of alkyl halides is 3. The summed E-state index contributed by atoms with van der Waals surface area (Å²) in [5.74, 6) is 0. The molecule has 3 aromatic heterocycles. The van der Waals surface area contributed by atoms with E-state index in [0.29, 0.717) is 17.9 Å². The Kier molecular flexibility index (Phi) is 3.98. The highest BCUT2D eigenvalue weighted by Crippen LogP contribution is 2.30. The number of anilines is 1. The summed E-state index contributed by atoms with van der Waals surface area (Å²) in [5.41, 5.74) is 0.0359. The molecule has 4 heterocycles. The summed E-state index contributed by atoms with van der Waals surface area (Å²) in [5, 5.41) is 4.28. The highest BCUT2D eigenvalue weighted by atomic mass is 19.4. The molecule has 0 radical (unpaired) electrons. The maximum absolute atomic E-state index is 12.5. The molecule has 1 fully saturated rings. The van der Waals surface area contributed by atoms with Gasteiger partial charge in [0.2, 0.25) is 0 Å². The number of nitrogens with zero attached hydrogens (tertiary/aromatic N) is 4. The maximum atomic E-state index is 12.5. The first-order valence-electron chi connectivity index (χ1n) is 7.96. The maximum Gasteiger partial charge on any atom is 0.522 e. The molecule has 0 spiro atoms. The van der Waals surface area contributed by atoms with Gasteiger partial charge in [0.05, 0.1) is 17.4 Å². The van der Waals surface area contributed by atoms with Crippen LogP contribution < -0.4 is 16.1 Å². The first-order valence-corrected chi connectivity index (χ1v) is 7.96. The van der Waals surface area contributed by atoms with Crippen molar-refractivity contribution in [3.8, 4) is 11.3 Å². The Balaban J connectivity index is 1.74. The zero-order valence-electron chi connectivity index (χ0n) is 13.7. The Labute approximate surface area is 148 Å². The van der Waals surface area contributed by atoms with Crippen molar-refractivity contribution in [3.05, 3.63) is 45.5 Å². The predicted octanol–water partition coefficient (Wildman–Crippen LogP) is 0.888. The van der Waals surface area contributed by atoms with Crippen LogP contribution in [0.1, 0.15) is 6.42 Å². The lowest BCUT2D eigenvalue weighted by atomic mass is 10.2. The van der Waals surface area contributed by atoms with Crippen LogP contribution in [0.2, 0.25) is 0 Å². The van der Waals surface area contributed by atoms with Crippen LogP contribution in [0.4, 0.5) is 18.9 Å². The Morgan fingerprint density at radius 1 is 1.30 bits per heavy atom. The number of nitrogens with one attached hydrogen (secondary N) is 2. The molecule has 9 nitrogen and oxygen atoms in total. The molecule has 1 aliphatic heterocycles. The molecule has 2 N–H and O–H groups in total. The fourth-order valence-electron chi connectivity index (χ4n) is 3.10. The van der Waals surface area contributed by atoms with Crippen molar-refractivity contribution in [2.24, 2.45) is 0 Å². The van der Waals surface area contributed by atoms with Crippen LogP contribution in [-0.4, -0.2) is 50.1 Å². The number of imidazole rings is 1. The van der Waals surface area contributed by atoms with E-state index in [1.807, 2.05) is 0 Å². The number of aromatic amines is 2. The Bertz CT molecular complexity index is 1100. The summed E-state index contributed by atoms with van der Waals surface area (Å²) in [6, 6.07) is 1.56. The normalized spacial score (nSPS) is 17.7. The van der Waals surface area contributed by atoms with Gasteiger partial charge in [-0.15, -0.1) is 13.2 Å². The minimum Gasteiger partial charge on any atom is -0.366 e. The topological polar surface area (TPSA) is 108 Å². The minimum atomic E-state index is -4.70. The summed E-state index contributed by atoms with van der Waals surface area (Å²) in [6.45, 7) is 0.349. The van der Waals surface area contributed by atoms with Gasteiger partial charge in [-0.1, -0.05) is 0 Å². The molecule has 0 bridgehead atoms. The van der Waals surface area contributed by atoms with Crippen LogP contribution in [-0.2, 0) is 4.74 Å². The molecule has 1 atom stereocenters. The van der Waals surface area contributed by atoms with Crippen LogP contribution in [0, 0.1) is 0 Å². The average Bonchev–Trinajstić information content (AvgIpc) is 3.21. The third-order valence-electron chi connectivity index (χ3n) is 4.22. The molecule has 142 valence electrons. The summed E-state index contributed by atoms with van der Waals surface area (Å²) < 4.78 is 42.9. The molecule has 4 rings (SSSR count).